The first-order chi connectivity index (χ1) is 6.63. The van der Waals surface area contributed by atoms with Gasteiger partial charge in [-0.2, -0.15) is 0 Å². The van der Waals surface area contributed by atoms with Crippen molar-refractivity contribution in [1.29, 1.82) is 0 Å². The standard InChI is InChI=1S/C9H10BrFN2O/c10-7-2-1-6(11)5-8(7)13-9(14)3-4-12/h1-2,5H,3-4,12H2,(H,13,14). The molecule has 0 spiro atoms. The van der Waals surface area contributed by atoms with E-state index in [9.17, 15) is 9.18 Å². The zero-order valence-electron chi connectivity index (χ0n) is 7.39. The first-order valence-corrected chi connectivity index (χ1v) is 4.87. The molecule has 0 saturated heterocycles. The van der Waals surface area contributed by atoms with Gasteiger partial charge in [-0.25, -0.2) is 4.39 Å². The number of nitrogens with one attached hydrogen (secondary N) is 1. The summed E-state index contributed by atoms with van der Waals surface area (Å²) in [4.78, 5) is 11.1. The summed E-state index contributed by atoms with van der Waals surface area (Å²) in [6.07, 6.45) is 0.225. The first kappa shape index (κ1) is 11.1. The SMILES string of the molecule is NCCC(=O)Nc1cc(F)ccc1Br. The van der Waals surface area contributed by atoms with E-state index < -0.39 is 5.82 Å². The fourth-order valence-electron chi connectivity index (χ4n) is 0.937. The van der Waals surface area contributed by atoms with Crippen molar-refractivity contribution in [3.8, 4) is 0 Å². The molecule has 0 aliphatic rings. The minimum absolute atomic E-state index is 0.223. The Labute approximate surface area is 89.6 Å². The molecule has 1 aromatic carbocycles. The average molecular weight is 261 g/mol. The molecule has 1 amide bonds. The van der Waals surface area contributed by atoms with Crippen molar-refractivity contribution in [3.63, 3.8) is 0 Å². The maximum atomic E-state index is 12.8. The van der Waals surface area contributed by atoms with E-state index >= 15 is 0 Å². The van der Waals surface area contributed by atoms with Gasteiger partial charge in [0.25, 0.3) is 0 Å². The van der Waals surface area contributed by atoms with Gasteiger partial charge >= 0.3 is 0 Å². The second-order valence-electron chi connectivity index (χ2n) is 2.71. The van der Waals surface area contributed by atoms with Crippen LogP contribution >= 0.6 is 15.9 Å². The second kappa shape index (κ2) is 5.07. The smallest absolute Gasteiger partial charge is 0.225 e. The Bertz CT molecular complexity index is 344. The third-order valence-corrected chi connectivity index (χ3v) is 2.27. The summed E-state index contributed by atoms with van der Waals surface area (Å²) in [5, 5.41) is 2.55. The van der Waals surface area contributed by atoms with E-state index in [4.69, 9.17) is 5.73 Å². The highest BCUT2D eigenvalue weighted by Crippen LogP contribution is 2.22. The Morgan fingerprint density at radius 1 is 1.57 bits per heavy atom. The number of hydrogen-bond donors (Lipinski definition) is 2. The highest BCUT2D eigenvalue weighted by Gasteiger charge is 2.05. The van der Waals surface area contributed by atoms with Crippen LogP contribution in [0.15, 0.2) is 22.7 Å². The molecule has 3 N–H and O–H groups in total. The van der Waals surface area contributed by atoms with Crippen LogP contribution in [0.25, 0.3) is 0 Å². The number of carbonyl (C=O) groups is 1. The molecule has 76 valence electrons. The predicted molar refractivity (Wildman–Crippen MR) is 56.4 cm³/mol. The van der Waals surface area contributed by atoms with Gasteiger partial charge in [-0.3, -0.25) is 4.79 Å². The van der Waals surface area contributed by atoms with Gasteiger partial charge in [0.05, 0.1) is 5.69 Å². The molecule has 0 radical (unpaired) electrons. The van der Waals surface area contributed by atoms with Crippen LogP contribution in [0, 0.1) is 5.82 Å². The monoisotopic (exact) mass is 260 g/mol. The van der Waals surface area contributed by atoms with E-state index in [0.717, 1.165) is 0 Å². The van der Waals surface area contributed by atoms with Crippen LogP contribution in [0.2, 0.25) is 0 Å². The van der Waals surface area contributed by atoms with Gasteiger partial charge in [0.15, 0.2) is 0 Å². The van der Waals surface area contributed by atoms with Gasteiger partial charge in [-0.05, 0) is 34.1 Å². The topological polar surface area (TPSA) is 55.1 Å². The zero-order chi connectivity index (χ0) is 10.6. The summed E-state index contributed by atoms with van der Waals surface area (Å²) >= 11 is 3.20. The molecule has 0 atom stereocenters. The molecule has 0 aliphatic carbocycles. The fourth-order valence-corrected chi connectivity index (χ4v) is 1.28. The third-order valence-electron chi connectivity index (χ3n) is 1.57. The number of carbonyl (C=O) groups excluding carboxylic acids is 1. The molecule has 0 aromatic heterocycles. The number of hydrogen-bond acceptors (Lipinski definition) is 2. The minimum atomic E-state index is -0.392. The summed E-state index contributed by atoms with van der Waals surface area (Å²) in [7, 11) is 0. The van der Waals surface area contributed by atoms with Crippen molar-refractivity contribution in [1.82, 2.24) is 0 Å². The summed E-state index contributed by atoms with van der Waals surface area (Å²) in [5.41, 5.74) is 5.62. The van der Waals surface area contributed by atoms with Gasteiger partial charge in [-0.1, -0.05) is 0 Å². The first-order valence-electron chi connectivity index (χ1n) is 4.08. The van der Waals surface area contributed by atoms with Crippen LogP contribution in [0.4, 0.5) is 10.1 Å². The van der Waals surface area contributed by atoms with Crippen LogP contribution in [0.3, 0.4) is 0 Å². The number of rotatable bonds is 3. The summed E-state index contributed by atoms with van der Waals surface area (Å²) in [5.74, 6) is -0.616. The maximum Gasteiger partial charge on any atom is 0.225 e. The Balaban J connectivity index is 2.75. The summed E-state index contributed by atoms with van der Waals surface area (Å²) < 4.78 is 13.4. The molecule has 0 aliphatic heterocycles. The third kappa shape index (κ3) is 3.08. The van der Waals surface area contributed by atoms with E-state index in [1.165, 1.54) is 18.2 Å². The predicted octanol–water partition coefficient (Wildman–Crippen LogP) is 1.88. The van der Waals surface area contributed by atoms with E-state index in [2.05, 4.69) is 21.2 Å². The molecule has 0 saturated carbocycles. The van der Waals surface area contributed by atoms with Gasteiger partial charge < -0.3 is 11.1 Å². The Hall–Kier alpha value is -0.940. The van der Waals surface area contributed by atoms with Crippen molar-refractivity contribution in [2.75, 3.05) is 11.9 Å². The Morgan fingerprint density at radius 3 is 2.93 bits per heavy atom. The fraction of sp³-hybridized carbons (Fsp3) is 0.222. The number of amides is 1. The highest BCUT2D eigenvalue weighted by molar-refractivity contribution is 9.10. The molecule has 3 nitrogen and oxygen atoms in total. The average Bonchev–Trinajstić information content (AvgIpc) is 2.12. The van der Waals surface area contributed by atoms with E-state index in [0.29, 0.717) is 10.2 Å². The second-order valence-corrected chi connectivity index (χ2v) is 3.57. The maximum absolute atomic E-state index is 12.8. The van der Waals surface area contributed by atoms with Crippen LogP contribution in [-0.4, -0.2) is 12.5 Å². The molecule has 1 aromatic rings. The van der Waals surface area contributed by atoms with Crippen LogP contribution < -0.4 is 11.1 Å². The lowest BCUT2D eigenvalue weighted by Gasteiger charge is -2.06. The molecule has 5 heteroatoms. The molecular formula is C9H10BrFN2O. The Kier molecular flexibility index (Phi) is 4.03. The highest BCUT2D eigenvalue weighted by atomic mass is 79.9. The summed E-state index contributed by atoms with van der Waals surface area (Å²) in [6.45, 7) is 0.277. The van der Waals surface area contributed by atoms with Gasteiger partial charge in [0.2, 0.25) is 5.91 Å². The van der Waals surface area contributed by atoms with Crippen LogP contribution in [-0.2, 0) is 4.79 Å². The molecule has 0 unspecified atom stereocenters. The lowest BCUT2D eigenvalue weighted by Crippen LogP contribution is -2.16. The largest absolute Gasteiger partial charge is 0.330 e. The van der Waals surface area contributed by atoms with Crippen molar-refractivity contribution in [2.24, 2.45) is 5.73 Å². The Morgan fingerprint density at radius 2 is 2.29 bits per heavy atom. The van der Waals surface area contributed by atoms with Crippen molar-refractivity contribution >= 4 is 27.5 Å². The molecule has 0 fully saturated rings. The molecule has 0 heterocycles. The number of benzene rings is 1. The van der Waals surface area contributed by atoms with Gasteiger partial charge in [0.1, 0.15) is 5.82 Å². The lowest BCUT2D eigenvalue weighted by atomic mass is 10.3. The normalized spacial score (nSPS) is 9.93. The van der Waals surface area contributed by atoms with Crippen LogP contribution in [0.1, 0.15) is 6.42 Å². The quantitative estimate of drug-likeness (QED) is 0.872. The molecule has 1 rings (SSSR count). The molecule has 0 bridgehead atoms. The minimum Gasteiger partial charge on any atom is -0.330 e. The van der Waals surface area contributed by atoms with E-state index in [-0.39, 0.29) is 18.9 Å². The number of nitrogens with two attached hydrogens (primary N) is 1. The van der Waals surface area contributed by atoms with E-state index in [1.807, 2.05) is 0 Å². The molecule has 14 heavy (non-hydrogen) atoms. The zero-order valence-corrected chi connectivity index (χ0v) is 8.97. The lowest BCUT2D eigenvalue weighted by molar-refractivity contribution is -0.116. The van der Waals surface area contributed by atoms with Gasteiger partial charge in [-0.15, -0.1) is 0 Å². The number of anilines is 1. The number of halogens is 2. The van der Waals surface area contributed by atoms with Gasteiger partial charge in [0, 0.05) is 17.4 Å². The van der Waals surface area contributed by atoms with Crippen LogP contribution in [0.5, 0.6) is 0 Å². The van der Waals surface area contributed by atoms with E-state index in [1.54, 1.807) is 0 Å². The molecular weight excluding hydrogens is 251 g/mol. The van der Waals surface area contributed by atoms with Crippen molar-refractivity contribution in [2.45, 2.75) is 6.42 Å². The van der Waals surface area contributed by atoms with Crippen molar-refractivity contribution < 1.29 is 9.18 Å². The summed E-state index contributed by atoms with van der Waals surface area (Å²) in [6, 6.07) is 4.09. The van der Waals surface area contributed by atoms with Crippen molar-refractivity contribution in [3.05, 3.63) is 28.5 Å².